The molecule has 0 bridgehead atoms. The lowest BCUT2D eigenvalue weighted by Crippen LogP contribution is -2.48. The van der Waals surface area contributed by atoms with Gasteiger partial charge in [-0.25, -0.2) is 4.79 Å². The molecule has 28 heavy (non-hydrogen) atoms. The first-order valence-electron chi connectivity index (χ1n) is 10.2. The number of rotatable bonds is 10. The molecule has 158 valence electrons. The van der Waals surface area contributed by atoms with Crippen molar-refractivity contribution >= 4 is 6.09 Å². The Morgan fingerprint density at radius 3 is 2.39 bits per heavy atom. The fourth-order valence-electron chi connectivity index (χ4n) is 3.06. The SMILES string of the molecule is CC(C)(C)OC(=O)N1CCCCC1COCCOCCOCc1ccccc1. The highest BCUT2D eigenvalue weighted by atomic mass is 16.6. The van der Waals surface area contributed by atoms with Gasteiger partial charge in [-0.2, -0.15) is 0 Å². The molecule has 1 heterocycles. The zero-order valence-corrected chi connectivity index (χ0v) is 17.5. The second-order valence-corrected chi connectivity index (χ2v) is 8.05. The van der Waals surface area contributed by atoms with Gasteiger partial charge in [-0.3, -0.25) is 0 Å². The lowest BCUT2D eigenvalue weighted by atomic mass is 10.0. The Morgan fingerprint density at radius 2 is 1.68 bits per heavy atom. The Morgan fingerprint density at radius 1 is 1.00 bits per heavy atom. The first-order valence-corrected chi connectivity index (χ1v) is 10.2. The van der Waals surface area contributed by atoms with Gasteiger partial charge in [-0.05, 0) is 45.6 Å². The fraction of sp³-hybridized carbons (Fsp3) is 0.682. The van der Waals surface area contributed by atoms with E-state index in [0.717, 1.165) is 31.4 Å². The van der Waals surface area contributed by atoms with Gasteiger partial charge in [0.05, 0.1) is 45.7 Å². The molecule has 1 fully saturated rings. The Hall–Kier alpha value is -1.63. The third kappa shape index (κ3) is 9.04. The molecule has 1 atom stereocenters. The van der Waals surface area contributed by atoms with Gasteiger partial charge >= 0.3 is 6.09 Å². The minimum atomic E-state index is -0.476. The first kappa shape index (κ1) is 22.7. The summed E-state index contributed by atoms with van der Waals surface area (Å²) in [5.74, 6) is 0. The van der Waals surface area contributed by atoms with E-state index in [0.29, 0.717) is 39.6 Å². The van der Waals surface area contributed by atoms with E-state index in [1.807, 2.05) is 56.0 Å². The van der Waals surface area contributed by atoms with Crippen LogP contribution in [0.3, 0.4) is 0 Å². The van der Waals surface area contributed by atoms with Crippen molar-refractivity contribution in [2.45, 2.75) is 58.3 Å². The number of piperidine rings is 1. The number of nitrogens with zero attached hydrogens (tertiary/aromatic N) is 1. The average molecular weight is 394 g/mol. The quantitative estimate of drug-likeness (QED) is 0.562. The smallest absolute Gasteiger partial charge is 0.410 e. The summed E-state index contributed by atoms with van der Waals surface area (Å²) in [5, 5.41) is 0. The molecule has 6 nitrogen and oxygen atoms in total. The molecule has 0 N–H and O–H groups in total. The molecule has 1 saturated heterocycles. The van der Waals surface area contributed by atoms with Gasteiger partial charge < -0.3 is 23.8 Å². The maximum atomic E-state index is 12.4. The van der Waals surface area contributed by atoms with Gasteiger partial charge in [0.15, 0.2) is 0 Å². The lowest BCUT2D eigenvalue weighted by molar-refractivity contribution is -0.0217. The minimum absolute atomic E-state index is 0.0813. The summed E-state index contributed by atoms with van der Waals surface area (Å²) in [6, 6.07) is 10.2. The van der Waals surface area contributed by atoms with Gasteiger partial charge in [-0.1, -0.05) is 30.3 Å². The van der Waals surface area contributed by atoms with Gasteiger partial charge in [0, 0.05) is 6.54 Å². The number of carbonyl (C=O) groups excluding carboxylic acids is 1. The fourth-order valence-corrected chi connectivity index (χ4v) is 3.06. The number of likely N-dealkylation sites (tertiary alicyclic amines) is 1. The van der Waals surface area contributed by atoms with Crippen molar-refractivity contribution in [1.82, 2.24) is 4.90 Å². The molecule has 1 aliphatic heterocycles. The van der Waals surface area contributed by atoms with Crippen molar-refractivity contribution in [3.63, 3.8) is 0 Å². The monoisotopic (exact) mass is 393 g/mol. The van der Waals surface area contributed by atoms with E-state index in [4.69, 9.17) is 18.9 Å². The number of hydrogen-bond acceptors (Lipinski definition) is 5. The first-order chi connectivity index (χ1) is 13.5. The van der Waals surface area contributed by atoms with Gasteiger partial charge in [0.1, 0.15) is 5.60 Å². The minimum Gasteiger partial charge on any atom is -0.444 e. The molecular formula is C22H35NO5. The van der Waals surface area contributed by atoms with Crippen molar-refractivity contribution < 1.29 is 23.7 Å². The number of benzene rings is 1. The van der Waals surface area contributed by atoms with Crippen LogP contribution in [0.2, 0.25) is 0 Å². The van der Waals surface area contributed by atoms with Crippen LogP contribution < -0.4 is 0 Å². The van der Waals surface area contributed by atoms with Crippen LogP contribution in [0, 0.1) is 0 Å². The summed E-state index contributed by atoms with van der Waals surface area (Å²) in [6.45, 7) is 9.66. The summed E-state index contributed by atoms with van der Waals surface area (Å²) >= 11 is 0. The molecule has 1 aliphatic rings. The molecule has 0 spiro atoms. The Balaban J connectivity index is 1.53. The Bertz CT molecular complexity index is 558. The largest absolute Gasteiger partial charge is 0.444 e. The van der Waals surface area contributed by atoms with Gasteiger partial charge in [0.2, 0.25) is 0 Å². The number of amides is 1. The molecule has 2 rings (SSSR count). The van der Waals surface area contributed by atoms with Crippen LogP contribution in [0.15, 0.2) is 30.3 Å². The standard InChI is InChI=1S/C22H35NO5/c1-22(2,3)28-21(24)23-12-8-7-11-20(23)18-27-16-14-25-13-15-26-17-19-9-5-4-6-10-19/h4-6,9-10,20H,7-8,11-18H2,1-3H3. The highest BCUT2D eigenvalue weighted by Crippen LogP contribution is 2.20. The van der Waals surface area contributed by atoms with Crippen LogP contribution in [0.25, 0.3) is 0 Å². The predicted octanol–water partition coefficient (Wildman–Crippen LogP) is 4.03. The molecule has 0 aromatic heterocycles. The van der Waals surface area contributed by atoms with E-state index in [9.17, 15) is 4.79 Å². The van der Waals surface area contributed by atoms with Crippen molar-refractivity contribution in [2.75, 3.05) is 39.6 Å². The zero-order valence-electron chi connectivity index (χ0n) is 17.5. The maximum absolute atomic E-state index is 12.4. The van der Waals surface area contributed by atoms with Crippen LogP contribution in [-0.2, 0) is 25.6 Å². The van der Waals surface area contributed by atoms with E-state index in [1.54, 1.807) is 0 Å². The number of carbonyl (C=O) groups is 1. The summed E-state index contributed by atoms with van der Waals surface area (Å²) in [7, 11) is 0. The van der Waals surface area contributed by atoms with Crippen LogP contribution in [0.5, 0.6) is 0 Å². The van der Waals surface area contributed by atoms with Crippen LogP contribution in [0.4, 0.5) is 4.79 Å². The van der Waals surface area contributed by atoms with E-state index < -0.39 is 5.60 Å². The van der Waals surface area contributed by atoms with Crippen molar-refractivity contribution in [3.8, 4) is 0 Å². The molecule has 6 heteroatoms. The normalized spacial score (nSPS) is 17.5. The molecule has 1 amide bonds. The van der Waals surface area contributed by atoms with E-state index in [2.05, 4.69) is 0 Å². The topological polar surface area (TPSA) is 57.2 Å². The van der Waals surface area contributed by atoms with E-state index in [1.165, 1.54) is 0 Å². The summed E-state index contributed by atoms with van der Waals surface area (Å²) in [6.07, 6.45) is 2.84. The van der Waals surface area contributed by atoms with Crippen LogP contribution in [-0.4, -0.2) is 62.2 Å². The van der Waals surface area contributed by atoms with Crippen molar-refractivity contribution in [2.24, 2.45) is 0 Å². The Kier molecular flexibility index (Phi) is 9.75. The second kappa shape index (κ2) is 12.0. The zero-order chi connectivity index (χ0) is 20.2. The molecule has 1 aromatic rings. The lowest BCUT2D eigenvalue weighted by Gasteiger charge is -2.36. The maximum Gasteiger partial charge on any atom is 0.410 e. The number of hydrogen-bond donors (Lipinski definition) is 0. The van der Waals surface area contributed by atoms with E-state index in [-0.39, 0.29) is 12.1 Å². The Labute approximate surface area is 169 Å². The summed E-state index contributed by atoms with van der Waals surface area (Å²) < 4.78 is 22.4. The molecule has 0 radical (unpaired) electrons. The van der Waals surface area contributed by atoms with Crippen LogP contribution in [0.1, 0.15) is 45.6 Å². The summed E-state index contributed by atoms with van der Waals surface area (Å²) in [5.41, 5.74) is 0.684. The average Bonchev–Trinajstić information content (AvgIpc) is 2.66. The molecule has 1 aromatic carbocycles. The van der Waals surface area contributed by atoms with E-state index >= 15 is 0 Å². The number of ether oxygens (including phenoxy) is 4. The predicted molar refractivity (Wildman–Crippen MR) is 108 cm³/mol. The third-order valence-electron chi connectivity index (χ3n) is 4.42. The second-order valence-electron chi connectivity index (χ2n) is 8.05. The van der Waals surface area contributed by atoms with Crippen molar-refractivity contribution in [1.29, 1.82) is 0 Å². The van der Waals surface area contributed by atoms with Gasteiger partial charge in [0.25, 0.3) is 0 Å². The highest BCUT2D eigenvalue weighted by molar-refractivity contribution is 5.68. The molecule has 1 unspecified atom stereocenters. The van der Waals surface area contributed by atoms with Crippen molar-refractivity contribution in [3.05, 3.63) is 35.9 Å². The van der Waals surface area contributed by atoms with Crippen LogP contribution >= 0.6 is 0 Å². The highest BCUT2D eigenvalue weighted by Gasteiger charge is 2.30. The molecule has 0 saturated carbocycles. The summed E-state index contributed by atoms with van der Waals surface area (Å²) in [4.78, 5) is 14.2. The van der Waals surface area contributed by atoms with Gasteiger partial charge in [-0.15, -0.1) is 0 Å². The molecular weight excluding hydrogens is 358 g/mol. The third-order valence-corrected chi connectivity index (χ3v) is 4.42. The molecule has 0 aliphatic carbocycles.